The highest BCUT2D eigenvalue weighted by Gasteiger charge is 2.49. The second-order valence-electron chi connectivity index (χ2n) is 9.05. The molecule has 0 saturated heterocycles. The normalized spacial score (nSPS) is 17.4. The fourth-order valence-electron chi connectivity index (χ4n) is 4.63. The average Bonchev–Trinajstić information content (AvgIpc) is 3.47. The number of nitrogens with zero attached hydrogens (tertiary/aromatic N) is 2. The second kappa shape index (κ2) is 8.72. The fourth-order valence-corrected chi connectivity index (χ4v) is 4.63. The minimum absolute atomic E-state index is 0.158. The second-order valence-corrected chi connectivity index (χ2v) is 9.05. The van der Waals surface area contributed by atoms with Crippen molar-refractivity contribution < 1.29 is 14.6 Å². The molecule has 1 N–H and O–H groups in total. The molecule has 2 aromatic rings. The van der Waals surface area contributed by atoms with E-state index in [0.717, 1.165) is 36.3 Å². The van der Waals surface area contributed by atoms with E-state index in [1.807, 2.05) is 26.8 Å². The number of aryl methyl sites for hydroxylation is 1. The summed E-state index contributed by atoms with van der Waals surface area (Å²) >= 11 is 0. The van der Waals surface area contributed by atoms with Gasteiger partial charge in [0.2, 0.25) is 5.88 Å². The summed E-state index contributed by atoms with van der Waals surface area (Å²) in [6.07, 6.45) is 4.40. The standard InChI is InChI=1S/C26H30N2O3/c1-4-31-24-12-19(3)21(14-27-24)7-5-20-6-8-22-16-28(15-18(2)11-25(29)30)17-26(9-10-26)23(22)13-20/h6,8,12-14,18H,4,9-11,15-17H2,1-3H3,(H,29,30). The first-order valence-electron chi connectivity index (χ1n) is 11.1. The van der Waals surface area contributed by atoms with Crippen LogP contribution >= 0.6 is 0 Å². The molecule has 4 rings (SSSR count). The van der Waals surface area contributed by atoms with Crippen molar-refractivity contribution in [1.82, 2.24) is 9.88 Å². The number of carboxylic acids is 1. The molecule has 1 atom stereocenters. The summed E-state index contributed by atoms with van der Waals surface area (Å²) in [5.41, 5.74) is 6.03. The van der Waals surface area contributed by atoms with Crippen LogP contribution in [0, 0.1) is 24.7 Å². The first kappa shape index (κ1) is 21.4. The minimum atomic E-state index is -0.716. The fraction of sp³-hybridized carbons (Fsp3) is 0.462. The number of pyridine rings is 1. The van der Waals surface area contributed by atoms with Gasteiger partial charge in [0, 0.05) is 54.9 Å². The van der Waals surface area contributed by atoms with Crippen LogP contribution in [0.3, 0.4) is 0 Å². The van der Waals surface area contributed by atoms with Crippen molar-refractivity contribution in [2.45, 2.75) is 52.0 Å². The van der Waals surface area contributed by atoms with E-state index in [1.54, 1.807) is 6.20 Å². The molecule has 162 valence electrons. The van der Waals surface area contributed by atoms with Gasteiger partial charge in [-0.15, -0.1) is 0 Å². The highest BCUT2D eigenvalue weighted by atomic mass is 16.5. The summed E-state index contributed by atoms with van der Waals surface area (Å²) in [4.78, 5) is 17.8. The van der Waals surface area contributed by atoms with E-state index in [-0.39, 0.29) is 17.8 Å². The SMILES string of the molecule is CCOc1cc(C)c(C#Cc2ccc3c(c2)C2(CC2)CN(CC(C)CC(=O)O)C3)cn1. The minimum Gasteiger partial charge on any atom is -0.481 e. The van der Waals surface area contributed by atoms with Gasteiger partial charge in [-0.1, -0.05) is 24.8 Å². The van der Waals surface area contributed by atoms with Crippen molar-refractivity contribution in [2.75, 3.05) is 19.7 Å². The van der Waals surface area contributed by atoms with Crippen molar-refractivity contribution in [2.24, 2.45) is 5.92 Å². The lowest BCUT2D eigenvalue weighted by molar-refractivity contribution is -0.138. The molecule has 2 aliphatic rings. The third-order valence-corrected chi connectivity index (χ3v) is 6.27. The Morgan fingerprint density at radius 3 is 2.81 bits per heavy atom. The lowest BCUT2D eigenvalue weighted by Crippen LogP contribution is -2.40. The van der Waals surface area contributed by atoms with E-state index in [9.17, 15) is 4.79 Å². The largest absolute Gasteiger partial charge is 0.481 e. The number of hydrogen-bond donors (Lipinski definition) is 1. The summed E-state index contributed by atoms with van der Waals surface area (Å²) in [5, 5.41) is 9.06. The third-order valence-electron chi connectivity index (χ3n) is 6.27. The molecule has 1 aromatic carbocycles. The molecule has 1 fully saturated rings. The Morgan fingerprint density at radius 1 is 1.32 bits per heavy atom. The Bertz CT molecular complexity index is 1050. The molecule has 2 heterocycles. The number of carboxylic acid groups (broad SMARTS) is 1. The summed E-state index contributed by atoms with van der Waals surface area (Å²) in [7, 11) is 0. The molecule has 5 heteroatoms. The molecule has 0 radical (unpaired) electrons. The van der Waals surface area contributed by atoms with Crippen LogP contribution in [0.1, 0.15) is 60.9 Å². The molecule has 5 nitrogen and oxygen atoms in total. The van der Waals surface area contributed by atoms with Gasteiger partial charge in [-0.3, -0.25) is 9.69 Å². The van der Waals surface area contributed by atoms with Crippen LogP contribution in [-0.4, -0.2) is 40.7 Å². The van der Waals surface area contributed by atoms with Crippen LogP contribution in [0.15, 0.2) is 30.5 Å². The summed E-state index contributed by atoms with van der Waals surface area (Å²) in [6.45, 7) is 9.34. The van der Waals surface area contributed by atoms with Crippen LogP contribution in [0.4, 0.5) is 0 Å². The number of aliphatic carboxylic acids is 1. The number of aromatic nitrogens is 1. The predicted octanol–water partition coefficient (Wildman–Crippen LogP) is 4.15. The van der Waals surface area contributed by atoms with Crippen LogP contribution in [0.2, 0.25) is 0 Å². The molecule has 1 aromatic heterocycles. The summed E-state index contributed by atoms with van der Waals surface area (Å²) in [6, 6.07) is 8.50. The van der Waals surface area contributed by atoms with Gasteiger partial charge in [-0.05, 0) is 61.4 Å². The van der Waals surface area contributed by atoms with E-state index in [1.165, 1.54) is 24.0 Å². The van der Waals surface area contributed by atoms with E-state index in [2.05, 4.69) is 39.9 Å². The van der Waals surface area contributed by atoms with Gasteiger partial charge in [0.15, 0.2) is 0 Å². The Labute approximate surface area is 184 Å². The number of carbonyl (C=O) groups is 1. The zero-order chi connectivity index (χ0) is 22.0. The number of benzene rings is 1. The molecule has 1 spiro atoms. The average molecular weight is 419 g/mol. The lowest BCUT2D eigenvalue weighted by atomic mass is 9.85. The van der Waals surface area contributed by atoms with Crippen molar-refractivity contribution in [3.8, 4) is 17.7 Å². The van der Waals surface area contributed by atoms with Crippen LogP contribution < -0.4 is 4.74 Å². The van der Waals surface area contributed by atoms with Gasteiger partial charge in [0.05, 0.1) is 6.61 Å². The Hall–Kier alpha value is -2.84. The highest BCUT2D eigenvalue weighted by molar-refractivity contribution is 5.67. The topological polar surface area (TPSA) is 62.7 Å². The Kier molecular flexibility index (Phi) is 6.02. The first-order valence-corrected chi connectivity index (χ1v) is 11.1. The molecule has 0 amide bonds. The molecule has 31 heavy (non-hydrogen) atoms. The van der Waals surface area contributed by atoms with Crippen molar-refractivity contribution in [1.29, 1.82) is 0 Å². The maximum absolute atomic E-state index is 11.0. The zero-order valence-electron chi connectivity index (χ0n) is 18.6. The van der Waals surface area contributed by atoms with Gasteiger partial charge in [0.25, 0.3) is 0 Å². The van der Waals surface area contributed by atoms with Crippen molar-refractivity contribution >= 4 is 5.97 Å². The Balaban J connectivity index is 1.52. The van der Waals surface area contributed by atoms with E-state index in [0.29, 0.717) is 12.5 Å². The molecular weight excluding hydrogens is 388 g/mol. The summed E-state index contributed by atoms with van der Waals surface area (Å²) < 4.78 is 5.46. The summed E-state index contributed by atoms with van der Waals surface area (Å²) in [5.74, 6) is 6.68. The quantitative estimate of drug-likeness (QED) is 0.714. The van der Waals surface area contributed by atoms with Crippen LogP contribution in [0.5, 0.6) is 5.88 Å². The highest BCUT2D eigenvalue weighted by Crippen LogP contribution is 2.52. The monoisotopic (exact) mass is 418 g/mol. The van der Waals surface area contributed by atoms with Gasteiger partial charge in [0.1, 0.15) is 0 Å². The van der Waals surface area contributed by atoms with E-state index in [4.69, 9.17) is 9.84 Å². The first-order chi connectivity index (χ1) is 14.9. The lowest BCUT2D eigenvalue weighted by Gasteiger charge is -2.36. The Morgan fingerprint density at radius 2 is 2.13 bits per heavy atom. The molecule has 1 saturated carbocycles. The van der Waals surface area contributed by atoms with Crippen LogP contribution in [-0.2, 0) is 16.8 Å². The predicted molar refractivity (Wildman–Crippen MR) is 120 cm³/mol. The molecule has 0 bridgehead atoms. The number of fused-ring (bicyclic) bond motifs is 2. The smallest absolute Gasteiger partial charge is 0.303 e. The van der Waals surface area contributed by atoms with E-state index >= 15 is 0 Å². The number of hydrogen-bond acceptors (Lipinski definition) is 4. The third kappa shape index (κ3) is 4.91. The van der Waals surface area contributed by atoms with Crippen molar-refractivity contribution in [3.05, 3.63) is 58.3 Å². The number of rotatable bonds is 6. The zero-order valence-corrected chi connectivity index (χ0v) is 18.6. The molecule has 1 unspecified atom stereocenters. The van der Waals surface area contributed by atoms with Crippen LogP contribution in [0.25, 0.3) is 0 Å². The van der Waals surface area contributed by atoms with Gasteiger partial charge in [-0.2, -0.15) is 0 Å². The maximum atomic E-state index is 11.0. The van der Waals surface area contributed by atoms with Gasteiger partial charge < -0.3 is 9.84 Å². The number of ether oxygens (including phenoxy) is 1. The molecular formula is C26H30N2O3. The van der Waals surface area contributed by atoms with Gasteiger partial charge in [-0.25, -0.2) is 4.98 Å². The van der Waals surface area contributed by atoms with Crippen molar-refractivity contribution in [3.63, 3.8) is 0 Å². The maximum Gasteiger partial charge on any atom is 0.303 e. The van der Waals surface area contributed by atoms with E-state index < -0.39 is 5.97 Å². The molecule has 1 aliphatic carbocycles. The molecule has 1 aliphatic heterocycles. The van der Waals surface area contributed by atoms with Gasteiger partial charge >= 0.3 is 5.97 Å².